The third kappa shape index (κ3) is 3.69. The van der Waals surface area contributed by atoms with Crippen molar-refractivity contribution in [1.29, 1.82) is 0 Å². The highest BCUT2D eigenvalue weighted by Gasteiger charge is 2.29. The molecule has 0 bridgehead atoms. The van der Waals surface area contributed by atoms with Crippen molar-refractivity contribution in [2.24, 2.45) is 5.73 Å². The predicted molar refractivity (Wildman–Crippen MR) is 74.1 cm³/mol. The van der Waals surface area contributed by atoms with E-state index in [0.29, 0.717) is 0 Å². The minimum Gasteiger partial charge on any atom is -0.325 e. The number of hydrogen-bond donors (Lipinski definition) is 1. The number of likely N-dealkylation sites (tertiary alicyclic amines) is 1. The topological polar surface area (TPSA) is 29.3 Å². The Morgan fingerprint density at radius 3 is 2.59 bits per heavy atom. The summed E-state index contributed by atoms with van der Waals surface area (Å²) in [5.41, 5.74) is 6.73. The number of hydrogen-bond acceptors (Lipinski definition) is 2. The number of piperidine rings is 1. The van der Waals surface area contributed by atoms with E-state index in [-0.39, 0.29) is 5.54 Å². The average Bonchev–Trinajstić information content (AvgIpc) is 2.38. The summed E-state index contributed by atoms with van der Waals surface area (Å²) >= 11 is 0. The van der Waals surface area contributed by atoms with Gasteiger partial charge in [-0.25, -0.2) is 0 Å². The summed E-state index contributed by atoms with van der Waals surface area (Å²) in [6.07, 6.45) is 13.5. The summed E-state index contributed by atoms with van der Waals surface area (Å²) < 4.78 is 0. The maximum atomic E-state index is 6.54. The zero-order chi connectivity index (χ0) is 12.1. The Labute approximate surface area is 107 Å². The lowest BCUT2D eigenvalue weighted by Gasteiger charge is -2.39. The van der Waals surface area contributed by atoms with Crippen molar-refractivity contribution in [3.63, 3.8) is 0 Å². The van der Waals surface area contributed by atoms with E-state index in [1.54, 1.807) is 0 Å². The van der Waals surface area contributed by atoms with Gasteiger partial charge in [0.1, 0.15) is 0 Å². The molecule has 2 nitrogen and oxygen atoms in total. The first kappa shape index (κ1) is 13.4. The molecule has 0 spiro atoms. The molecular formula is C15H30N2. The zero-order valence-electron chi connectivity index (χ0n) is 11.6. The normalized spacial score (nSPS) is 30.4. The zero-order valence-corrected chi connectivity index (χ0v) is 11.6. The van der Waals surface area contributed by atoms with Crippen LogP contribution in [0.2, 0.25) is 0 Å². The second kappa shape index (κ2) is 6.19. The summed E-state index contributed by atoms with van der Waals surface area (Å²) in [5.74, 6) is 0. The quantitative estimate of drug-likeness (QED) is 0.814. The van der Waals surface area contributed by atoms with Crippen molar-refractivity contribution in [2.75, 3.05) is 13.1 Å². The van der Waals surface area contributed by atoms with Gasteiger partial charge in [-0.2, -0.15) is 0 Å². The van der Waals surface area contributed by atoms with Gasteiger partial charge in [0.05, 0.1) is 0 Å². The van der Waals surface area contributed by atoms with Gasteiger partial charge >= 0.3 is 0 Å². The summed E-state index contributed by atoms with van der Waals surface area (Å²) in [6.45, 7) is 4.85. The van der Waals surface area contributed by atoms with Gasteiger partial charge in [0, 0.05) is 11.6 Å². The molecule has 0 aromatic rings. The van der Waals surface area contributed by atoms with Crippen LogP contribution in [0.15, 0.2) is 0 Å². The summed E-state index contributed by atoms with van der Waals surface area (Å²) in [6, 6.07) is 0.830. The fraction of sp³-hybridized carbons (Fsp3) is 1.00. The van der Waals surface area contributed by atoms with E-state index < -0.39 is 0 Å². The molecule has 100 valence electrons. The van der Waals surface area contributed by atoms with E-state index in [0.717, 1.165) is 6.04 Å². The molecule has 1 atom stereocenters. The van der Waals surface area contributed by atoms with Crippen LogP contribution in [0.5, 0.6) is 0 Å². The van der Waals surface area contributed by atoms with Gasteiger partial charge < -0.3 is 10.6 Å². The highest BCUT2D eigenvalue weighted by Crippen LogP contribution is 2.32. The van der Waals surface area contributed by atoms with Crippen molar-refractivity contribution in [1.82, 2.24) is 4.90 Å². The molecule has 0 amide bonds. The standard InChI is InChI=1S/C15H30N2/c1-2-17-13-7-4-8-14(17)9-12-15(16)10-5-3-6-11-15/h14H,2-13,16H2,1H3. The molecule has 2 rings (SSSR count). The highest BCUT2D eigenvalue weighted by atomic mass is 15.2. The lowest BCUT2D eigenvalue weighted by atomic mass is 9.78. The molecule has 1 saturated carbocycles. The largest absolute Gasteiger partial charge is 0.325 e. The molecule has 2 aliphatic rings. The molecule has 2 fully saturated rings. The number of rotatable bonds is 4. The van der Waals surface area contributed by atoms with E-state index in [2.05, 4.69) is 11.8 Å². The van der Waals surface area contributed by atoms with Crippen LogP contribution in [0.1, 0.15) is 71.1 Å². The van der Waals surface area contributed by atoms with Crippen LogP contribution in [-0.4, -0.2) is 29.6 Å². The van der Waals surface area contributed by atoms with Gasteiger partial charge in [0.15, 0.2) is 0 Å². The molecule has 0 aromatic carbocycles. The summed E-state index contributed by atoms with van der Waals surface area (Å²) in [7, 11) is 0. The van der Waals surface area contributed by atoms with Gasteiger partial charge in [-0.1, -0.05) is 32.6 Å². The molecule has 0 radical (unpaired) electrons. The highest BCUT2D eigenvalue weighted by molar-refractivity contribution is 4.89. The van der Waals surface area contributed by atoms with Crippen molar-refractivity contribution in [3.8, 4) is 0 Å². The van der Waals surface area contributed by atoms with Crippen molar-refractivity contribution in [3.05, 3.63) is 0 Å². The third-order valence-corrected chi connectivity index (χ3v) is 4.98. The van der Waals surface area contributed by atoms with Crippen molar-refractivity contribution in [2.45, 2.75) is 82.7 Å². The van der Waals surface area contributed by atoms with E-state index in [9.17, 15) is 0 Å². The first-order valence-electron chi connectivity index (χ1n) is 7.76. The van der Waals surface area contributed by atoms with Gasteiger partial charge in [0.2, 0.25) is 0 Å². The first-order valence-corrected chi connectivity index (χ1v) is 7.76. The Bertz CT molecular complexity index is 221. The maximum absolute atomic E-state index is 6.54. The van der Waals surface area contributed by atoms with Crippen molar-refractivity contribution < 1.29 is 0 Å². The Morgan fingerprint density at radius 2 is 1.88 bits per heavy atom. The monoisotopic (exact) mass is 238 g/mol. The maximum Gasteiger partial charge on any atom is 0.0154 e. The van der Waals surface area contributed by atoms with E-state index >= 15 is 0 Å². The van der Waals surface area contributed by atoms with Gasteiger partial charge in [-0.05, 0) is 51.6 Å². The van der Waals surface area contributed by atoms with Gasteiger partial charge in [-0.3, -0.25) is 0 Å². The number of nitrogens with zero attached hydrogens (tertiary/aromatic N) is 1. The van der Waals surface area contributed by atoms with Crippen molar-refractivity contribution >= 4 is 0 Å². The third-order valence-electron chi connectivity index (χ3n) is 4.98. The SMILES string of the molecule is CCN1CCCCC1CCC1(N)CCCCC1. The van der Waals surface area contributed by atoms with Gasteiger partial charge in [0.25, 0.3) is 0 Å². The Hall–Kier alpha value is -0.0800. The molecule has 2 N–H and O–H groups in total. The first-order chi connectivity index (χ1) is 8.23. The molecular weight excluding hydrogens is 208 g/mol. The van der Waals surface area contributed by atoms with E-state index in [1.807, 2.05) is 0 Å². The predicted octanol–water partition coefficient (Wildman–Crippen LogP) is 3.30. The minimum atomic E-state index is 0.190. The average molecular weight is 238 g/mol. The fourth-order valence-electron chi connectivity index (χ4n) is 3.76. The second-order valence-corrected chi connectivity index (χ2v) is 6.24. The Morgan fingerprint density at radius 1 is 1.12 bits per heavy atom. The van der Waals surface area contributed by atoms with Crippen LogP contribution in [-0.2, 0) is 0 Å². The molecule has 2 heteroatoms. The lowest BCUT2D eigenvalue weighted by Crippen LogP contribution is -2.45. The van der Waals surface area contributed by atoms with Crippen LogP contribution in [0.4, 0.5) is 0 Å². The molecule has 1 aliphatic carbocycles. The Balaban J connectivity index is 1.79. The van der Waals surface area contributed by atoms with E-state index in [1.165, 1.54) is 77.3 Å². The fourth-order valence-corrected chi connectivity index (χ4v) is 3.76. The minimum absolute atomic E-state index is 0.190. The molecule has 1 aliphatic heterocycles. The molecule has 0 aromatic heterocycles. The summed E-state index contributed by atoms with van der Waals surface area (Å²) in [5, 5.41) is 0. The second-order valence-electron chi connectivity index (χ2n) is 6.24. The van der Waals surface area contributed by atoms with Crippen LogP contribution >= 0.6 is 0 Å². The molecule has 1 unspecified atom stereocenters. The molecule has 17 heavy (non-hydrogen) atoms. The van der Waals surface area contributed by atoms with Crippen LogP contribution in [0.25, 0.3) is 0 Å². The van der Waals surface area contributed by atoms with Crippen LogP contribution in [0, 0.1) is 0 Å². The van der Waals surface area contributed by atoms with Crippen LogP contribution in [0.3, 0.4) is 0 Å². The van der Waals surface area contributed by atoms with Crippen LogP contribution < -0.4 is 5.73 Å². The number of nitrogens with two attached hydrogens (primary N) is 1. The molecule has 1 saturated heterocycles. The summed E-state index contributed by atoms with van der Waals surface area (Å²) in [4.78, 5) is 2.68. The molecule has 1 heterocycles. The smallest absolute Gasteiger partial charge is 0.0154 e. The Kier molecular flexibility index (Phi) is 4.87. The van der Waals surface area contributed by atoms with Gasteiger partial charge in [-0.15, -0.1) is 0 Å². The van der Waals surface area contributed by atoms with E-state index in [4.69, 9.17) is 5.73 Å². The lowest BCUT2D eigenvalue weighted by molar-refractivity contribution is 0.132.